The van der Waals surface area contributed by atoms with Crippen molar-refractivity contribution in [2.45, 2.75) is 27.2 Å². The minimum atomic E-state index is -0.154. The van der Waals surface area contributed by atoms with E-state index in [1.54, 1.807) is 16.7 Å². The Labute approximate surface area is 192 Å². The maximum absolute atomic E-state index is 13.6. The van der Waals surface area contributed by atoms with Crippen molar-refractivity contribution in [2.24, 2.45) is 0 Å². The van der Waals surface area contributed by atoms with Crippen molar-refractivity contribution in [1.82, 2.24) is 9.55 Å². The molecule has 33 heavy (non-hydrogen) atoms. The lowest BCUT2D eigenvalue weighted by Crippen LogP contribution is -2.27. The monoisotopic (exact) mass is 435 g/mol. The fourth-order valence-electron chi connectivity index (χ4n) is 4.45. The molecule has 5 rings (SSSR count). The molecule has 0 aliphatic carbocycles. The number of fused-ring (bicyclic) bond motifs is 2. The number of aryl methyl sites for hydroxylation is 2. The topological polar surface area (TPSA) is 55.2 Å². The van der Waals surface area contributed by atoms with Gasteiger partial charge in [-0.3, -0.25) is 14.2 Å². The van der Waals surface area contributed by atoms with E-state index < -0.39 is 0 Å². The summed E-state index contributed by atoms with van der Waals surface area (Å²) in [6, 6.07) is 21.1. The number of carbonyl (C=O) groups excluding carboxylic acids is 1. The van der Waals surface area contributed by atoms with Gasteiger partial charge >= 0.3 is 0 Å². The van der Waals surface area contributed by atoms with Crippen LogP contribution < -0.4 is 10.5 Å². The molecule has 0 saturated carbocycles. The summed E-state index contributed by atoms with van der Waals surface area (Å²) in [4.78, 5) is 33.7. The van der Waals surface area contributed by atoms with Crippen molar-refractivity contribution in [3.63, 3.8) is 0 Å². The second-order valence-electron chi connectivity index (χ2n) is 8.50. The van der Waals surface area contributed by atoms with Gasteiger partial charge in [0.2, 0.25) is 0 Å². The van der Waals surface area contributed by atoms with E-state index in [0.717, 1.165) is 34.5 Å². The fourth-order valence-corrected chi connectivity index (χ4v) is 4.45. The Morgan fingerprint density at radius 3 is 2.48 bits per heavy atom. The van der Waals surface area contributed by atoms with Crippen molar-refractivity contribution in [2.75, 3.05) is 11.4 Å². The van der Waals surface area contributed by atoms with Crippen LogP contribution in [0.25, 0.3) is 28.2 Å². The molecule has 1 aliphatic rings. The lowest BCUT2D eigenvalue weighted by molar-refractivity contribution is -0.113. The quantitative estimate of drug-likeness (QED) is 0.409. The van der Waals surface area contributed by atoms with E-state index in [2.05, 4.69) is 6.92 Å². The Morgan fingerprint density at radius 2 is 1.70 bits per heavy atom. The van der Waals surface area contributed by atoms with Gasteiger partial charge in [0.1, 0.15) is 5.82 Å². The lowest BCUT2D eigenvalue weighted by Gasteiger charge is -2.15. The number of amides is 1. The summed E-state index contributed by atoms with van der Waals surface area (Å²) >= 11 is 0. The third-order valence-electron chi connectivity index (χ3n) is 5.99. The van der Waals surface area contributed by atoms with Crippen LogP contribution in [0.15, 0.2) is 71.5 Å². The summed E-state index contributed by atoms with van der Waals surface area (Å²) in [6.45, 7) is 6.70. The van der Waals surface area contributed by atoms with Gasteiger partial charge in [0.15, 0.2) is 0 Å². The molecule has 0 unspecified atom stereocenters. The molecule has 0 atom stereocenters. The third-order valence-corrected chi connectivity index (χ3v) is 5.99. The zero-order valence-corrected chi connectivity index (χ0v) is 19.0. The highest BCUT2D eigenvalue weighted by Crippen LogP contribution is 2.38. The Morgan fingerprint density at radius 1 is 0.909 bits per heavy atom. The Hall–Kier alpha value is -3.99. The number of nitrogens with zero attached hydrogens (tertiary/aromatic N) is 3. The first-order valence-corrected chi connectivity index (χ1v) is 11.2. The lowest BCUT2D eigenvalue weighted by atomic mass is 10.0. The molecule has 0 N–H and O–H groups in total. The van der Waals surface area contributed by atoms with Crippen LogP contribution in [-0.4, -0.2) is 22.0 Å². The van der Waals surface area contributed by atoms with Gasteiger partial charge in [-0.25, -0.2) is 4.98 Å². The van der Waals surface area contributed by atoms with E-state index in [1.807, 2.05) is 79.4 Å². The summed E-state index contributed by atoms with van der Waals surface area (Å²) in [5, 5.41) is 0.544. The zero-order chi connectivity index (χ0) is 23.1. The minimum Gasteiger partial charge on any atom is -0.308 e. The van der Waals surface area contributed by atoms with Gasteiger partial charge in [-0.05, 0) is 68.3 Å². The molecule has 164 valence electrons. The average molecular weight is 436 g/mol. The van der Waals surface area contributed by atoms with Crippen LogP contribution in [-0.2, 0) is 4.79 Å². The fraction of sp³-hybridized carbons (Fsp3) is 0.179. The van der Waals surface area contributed by atoms with Crippen LogP contribution in [0, 0.1) is 13.8 Å². The van der Waals surface area contributed by atoms with Crippen LogP contribution in [0.5, 0.6) is 0 Å². The van der Waals surface area contributed by atoms with Crippen LogP contribution in [0.4, 0.5) is 5.69 Å². The molecule has 1 aromatic heterocycles. The molecule has 5 heteroatoms. The number of hydrogen-bond acceptors (Lipinski definition) is 3. The number of aromatic nitrogens is 2. The van der Waals surface area contributed by atoms with Crippen LogP contribution in [0.1, 0.15) is 35.9 Å². The standard InChI is InChI=1S/C28H25N3O2/c1-4-14-30-25-13-12-19(3)16-22(25)23(27(30)32)17-26-29-24-11-6-5-10-21(24)28(33)31(26)20-9-7-8-18(2)15-20/h5-13,15-17H,4,14H2,1-3H3/b23-17+. The maximum Gasteiger partial charge on any atom is 0.266 e. The van der Waals surface area contributed by atoms with E-state index in [0.29, 0.717) is 28.8 Å². The van der Waals surface area contributed by atoms with E-state index in [1.165, 1.54) is 0 Å². The third kappa shape index (κ3) is 3.55. The number of hydrogen-bond donors (Lipinski definition) is 0. The molecule has 5 nitrogen and oxygen atoms in total. The summed E-state index contributed by atoms with van der Waals surface area (Å²) in [5.74, 6) is 0.383. The number of para-hydroxylation sites is 1. The number of carbonyl (C=O) groups is 1. The summed E-state index contributed by atoms with van der Waals surface area (Å²) in [6.07, 6.45) is 2.63. The highest BCUT2D eigenvalue weighted by atomic mass is 16.2. The van der Waals surface area contributed by atoms with Gasteiger partial charge in [-0.1, -0.05) is 42.8 Å². The second kappa shape index (κ2) is 8.17. The molecular formula is C28H25N3O2. The SMILES string of the molecule is CCCN1C(=O)/C(=C/c2nc3ccccc3c(=O)n2-c2cccc(C)c2)c2cc(C)ccc21. The Kier molecular flexibility index (Phi) is 5.17. The molecule has 3 aromatic carbocycles. The molecule has 0 radical (unpaired) electrons. The first-order valence-electron chi connectivity index (χ1n) is 11.2. The predicted molar refractivity (Wildman–Crippen MR) is 134 cm³/mol. The average Bonchev–Trinajstić information content (AvgIpc) is 3.05. The molecule has 1 aliphatic heterocycles. The first kappa shape index (κ1) is 20.9. The second-order valence-corrected chi connectivity index (χ2v) is 8.50. The number of benzene rings is 3. The highest BCUT2D eigenvalue weighted by molar-refractivity contribution is 6.35. The molecular weight excluding hydrogens is 410 g/mol. The van der Waals surface area contributed by atoms with Crippen molar-refractivity contribution < 1.29 is 4.79 Å². The van der Waals surface area contributed by atoms with Crippen LogP contribution in [0.3, 0.4) is 0 Å². The summed E-state index contributed by atoms with van der Waals surface area (Å²) in [5.41, 5.74) is 5.65. The van der Waals surface area contributed by atoms with Gasteiger partial charge in [-0.15, -0.1) is 0 Å². The molecule has 0 fully saturated rings. The smallest absolute Gasteiger partial charge is 0.266 e. The number of anilines is 1. The first-order chi connectivity index (χ1) is 16.0. The molecule has 0 bridgehead atoms. The van der Waals surface area contributed by atoms with E-state index in [4.69, 9.17) is 4.98 Å². The summed E-state index contributed by atoms with van der Waals surface area (Å²) in [7, 11) is 0. The Bertz CT molecular complexity index is 1500. The maximum atomic E-state index is 13.6. The largest absolute Gasteiger partial charge is 0.308 e. The molecule has 2 heterocycles. The number of rotatable bonds is 4. The van der Waals surface area contributed by atoms with E-state index in [9.17, 15) is 9.59 Å². The molecule has 4 aromatic rings. The van der Waals surface area contributed by atoms with Gasteiger partial charge in [0.25, 0.3) is 11.5 Å². The minimum absolute atomic E-state index is 0.0596. The van der Waals surface area contributed by atoms with Gasteiger partial charge in [0, 0.05) is 12.1 Å². The van der Waals surface area contributed by atoms with Crippen LogP contribution in [0.2, 0.25) is 0 Å². The normalized spacial score (nSPS) is 14.3. The highest BCUT2D eigenvalue weighted by Gasteiger charge is 2.32. The van der Waals surface area contributed by atoms with Gasteiger partial charge in [-0.2, -0.15) is 0 Å². The zero-order valence-electron chi connectivity index (χ0n) is 19.0. The molecule has 0 spiro atoms. The Balaban J connectivity index is 1.81. The molecule has 1 amide bonds. The van der Waals surface area contributed by atoms with Gasteiger partial charge < -0.3 is 4.90 Å². The predicted octanol–water partition coefficient (Wildman–Crippen LogP) is 5.30. The van der Waals surface area contributed by atoms with Crippen molar-refractivity contribution >= 4 is 34.1 Å². The van der Waals surface area contributed by atoms with Crippen molar-refractivity contribution in [1.29, 1.82) is 0 Å². The van der Waals surface area contributed by atoms with Gasteiger partial charge in [0.05, 0.1) is 27.9 Å². The van der Waals surface area contributed by atoms with Crippen molar-refractivity contribution in [3.8, 4) is 5.69 Å². The molecule has 0 saturated heterocycles. The van der Waals surface area contributed by atoms with E-state index in [-0.39, 0.29) is 11.5 Å². The van der Waals surface area contributed by atoms with Crippen LogP contribution >= 0.6 is 0 Å². The van der Waals surface area contributed by atoms with Crippen molar-refractivity contribution in [3.05, 3.63) is 99.6 Å². The van der Waals surface area contributed by atoms with E-state index >= 15 is 0 Å². The summed E-state index contributed by atoms with van der Waals surface area (Å²) < 4.78 is 1.60.